The van der Waals surface area contributed by atoms with Gasteiger partial charge in [0.05, 0.1) is 4.47 Å². The lowest BCUT2D eigenvalue weighted by Crippen LogP contribution is -2.46. The number of nitrogens with one attached hydrogen (secondary N) is 2. The first-order chi connectivity index (χ1) is 9.49. The summed E-state index contributed by atoms with van der Waals surface area (Å²) in [6.07, 6.45) is 3.16. The Morgan fingerprint density at radius 2 is 2.10 bits per heavy atom. The number of nitrogens with zero attached hydrogens (tertiary/aromatic N) is 2. The van der Waals surface area contributed by atoms with Gasteiger partial charge >= 0.3 is 5.69 Å². The van der Waals surface area contributed by atoms with E-state index >= 15 is 0 Å². The zero-order valence-corrected chi connectivity index (χ0v) is 12.8. The van der Waals surface area contributed by atoms with Gasteiger partial charge in [-0.3, -0.25) is 19.1 Å². The molecular weight excluding hydrogens is 328 g/mol. The molecule has 1 aliphatic heterocycles. The minimum absolute atomic E-state index is 0.0748. The van der Waals surface area contributed by atoms with E-state index in [2.05, 4.69) is 26.2 Å². The van der Waals surface area contributed by atoms with E-state index in [1.165, 1.54) is 10.8 Å². The molecule has 0 unspecified atom stereocenters. The molecule has 8 heteroatoms. The van der Waals surface area contributed by atoms with E-state index in [1.54, 1.807) is 11.9 Å². The number of carbonyl (C=O) groups is 1. The Bertz CT molecular complexity index is 603. The van der Waals surface area contributed by atoms with Crippen molar-refractivity contribution < 1.29 is 4.79 Å². The number of hydrogen-bond donors (Lipinski definition) is 2. The molecule has 1 aromatic heterocycles. The highest BCUT2D eigenvalue weighted by Crippen LogP contribution is 2.10. The van der Waals surface area contributed by atoms with Crippen LogP contribution >= 0.6 is 15.9 Å². The highest BCUT2D eigenvalue weighted by atomic mass is 79.9. The van der Waals surface area contributed by atoms with Crippen molar-refractivity contribution in [2.45, 2.75) is 25.4 Å². The molecule has 0 saturated carbocycles. The van der Waals surface area contributed by atoms with E-state index in [4.69, 9.17) is 0 Å². The van der Waals surface area contributed by atoms with Crippen molar-refractivity contribution in [2.24, 2.45) is 0 Å². The van der Waals surface area contributed by atoms with Crippen LogP contribution in [0.15, 0.2) is 20.3 Å². The minimum Gasteiger partial charge on any atom is -0.341 e. The van der Waals surface area contributed by atoms with E-state index in [1.807, 2.05) is 0 Å². The Balaban J connectivity index is 2.09. The molecule has 7 nitrogen and oxygen atoms in total. The topological polar surface area (TPSA) is 87.2 Å². The summed E-state index contributed by atoms with van der Waals surface area (Å²) >= 11 is 3.05. The summed E-state index contributed by atoms with van der Waals surface area (Å²) in [4.78, 5) is 38.9. The van der Waals surface area contributed by atoms with Crippen LogP contribution in [0.1, 0.15) is 12.8 Å². The van der Waals surface area contributed by atoms with Crippen LogP contribution in [-0.2, 0) is 11.3 Å². The summed E-state index contributed by atoms with van der Waals surface area (Å²) in [6, 6.07) is 0.200. The third kappa shape index (κ3) is 3.37. The number of amides is 1. The van der Waals surface area contributed by atoms with Crippen LogP contribution in [-0.4, -0.2) is 46.5 Å². The van der Waals surface area contributed by atoms with Gasteiger partial charge in [-0.1, -0.05) is 0 Å². The van der Waals surface area contributed by atoms with Crippen LogP contribution < -0.4 is 16.6 Å². The molecule has 1 aromatic rings. The van der Waals surface area contributed by atoms with Gasteiger partial charge in [0.1, 0.15) is 6.54 Å². The maximum Gasteiger partial charge on any atom is 0.328 e. The van der Waals surface area contributed by atoms with Crippen molar-refractivity contribution in [1.82, 2.24) is 19.8 Å². The first-order valence-electron chi connectivity index (χ1n) is 6.44. The largest absolute Gasteiger partial charge is 0.341 e. The number of likely N-dealkylation sites (N-methyl/N-ethyl adjacent to an activating group) is 1. The van der Waals surface area contributed by atoms with Crippen molar-refractivity contribution in [2.75, 3.05) is 20.1 Å². The molecule has 0 spiro atoms. The normalized spacial score (nSPS) is 16.1. The van der Waals surface area contributed by atoms with Crippen LogP contribution in [0.4, 0.5) is 0 Å². The molecule has 0 aliphatic carbocycles. The number of hydrogen-bond acceptors (Lipinski definition) is 4. The molecule has 0 atom stereocenters. The highest BCUT2D eigenvalue weighted by molar-refractivity contribution is 9.10. The molecular formula is C12H17BrN4O3. The number of carbonyl (C=O) groups excluding carboxylic acids is 1. The number of halogens is 1. The maximum absolute atomic E-state index is 12.2. The predicted molar refractivity (Wildman–Crippen MR) is 77.7 cm³/mol. The van der Waals surface area contributed by atoms with Crippen molar-refractivity contribution in [3.63, 3.8) is 0 Å². The van der Waals surface area contributed by atoms with Gasteiger partial charge in [-0.05, 0) is 41.9 Å². The summed E-state index contributed by atoms with van der Waals surface area (Å²) in [5, 5.41) is 3.24. The second-order valence-electron chi connectivity index (χ2n) is 4.85. The number of rotatable bonds is 3. The van der Waals surface area contributed by atoms with Crippen LogP contribution in [0.25, 0.3) is 0 Å². The zero-order chi connectivity index (χ0) is 14.7. The summed E-state index contributed by atoms with van der Waals surface area (Å²) < 4.78 is 1.43. The Morgan fingerprint density at radius 3 is 2.75 bits per heavy atom. The van der Waals surface area contributed by atoms with Gasteiger partial charge < -0.3 is 10.2 Å². The van der Waals surface area contributed by atoms with Gasteiger partial charge in [0.15, 0.2) is 0 Å². The van der Waals surface area contributed by atoms with Crippen molar-refractivity contribution >= 4 is 21.8 Å². The fraction of sp³-hybridized carbons (Fsp3) is 0.583. The van der Waals surface area contributed by atoms with E-state index in [9.17, 15) is 14.4 Å². The molecule has 20 heavy (non-hydrogen) atoms. The second kappa shape index (κ2) is 6.36. The van der Waals surface area contributed by atoms with E-state index < -0.39 is 11.2 Å². The van der Waals surface area contributed by atoms with Crippen molar-refractivity contribution in [1.29, 1.82) is 0 Å². The van der Waals surface area contributed by atoms with E-state index in [0.29, 0.717) is 0 Å². The number of aromatic amines is 1. The molecule has 0 aromatic carbocycles. The van der Waals surface area contributed by atoms with Gasteiger partial charge in [0, 0.05) is 19.3 Å². The average molecular weight is 345 g/mol. The fourth-order valence-corrected chi connectivity index (χ4v) is 2.60. The maximum atomic E-state index is 12.2. The van der Waals surface area contributed by atoms with Gasteiger partial charge in [-0.15, -0.1) is 0 Å². The molecule has 2 rings (SSSR count). The summed E-state index contributed by atoms with van der Waals surface area (Å²) in [7, 11) is 1.75. The lowest BCUT2D eigenvalue weighted by Gasteiger charge is -2.31. The summed E-state index contributed by atoms with van der Waals surface area (Å²) in [5.74, 6) is -0.141. The monoisotopic (exact) mass is 344 g/mol. The molecule has 1 amide bonds. The van der Waals surface area contributed by atoms with Gasteiger partial charge in [0.2, 0.25) is 5.91 Å². The molecule has 0 bridgehead atoms. The molecule has 110 valence electrons. The molecule has 2 heterocycles. The zero-order valence-electron chi connectivity index (χ0n) is 11.2. The third-order valence-corrected chi connectivity index (χ3v) is 4.09. The fourth-order valence-electron chi connectivity index (χ4n) is 2.26. The van der Waals surface area contributed by atoms with Crippen LogP contribution in [0.2, 0.25) is 0 Å². The molecule has 0 radical (unpaired) electrons. The summed E-state index contributed by atoms with van der Waals surface area (Å²) in [6.45, 7) is 1.72. The molecule has 1 aliphatic rings. The second-order valence-corrected chi connectivity index (χ2v) is 5.70. The van der Waals surface area contributed by atoms with Crippen LogP contribution in [0, 0.1) is 0 Å². The highest BCUT2D eigenvalue weighted by Gasteiger charge is 2.22. The third-order valence-electron chi connectivity index (χ3n) is 3.52. The number of H-pyrrole nitrogens is 1. The first-order valence-corrected chi connectivity index (χ1v) is 7.24. The lowest BCUT2D eigenvalue weighted by atomic mass is 10.1. The van der Waals surface area contributed by atoms with Gasteiger partial charge in [0.25, 0.3) is 5.56 Å². The molecule has 1 fully saturated rings. The Kier molecular flexibility index (Phi) is 4.77. The quantitative estimate of drug-likeness (QED) is 0.774. The van der Waals surface area contributed by atoms with Crippen LogP contribution in [0.5, 0.6) is 0 Å². The number of piperidine rings is 1. The Hall–Kier alpha value is -1.41. The average Bonchev–Trinajstić information content (AvgIpc) is 2.44. The Labute approximate surface area is 124 Å². The summed E-state index contributed by atoms with van der Waals surface area (Å²) in [5.41, 5.74) is -1.07. The molecule has 2 N–H and O–H groups in total. The molecule has 1 saturated heterocycles. The predicted octanol–water partition coefficient (Wildman–Crippen LogP) is -0.490. The first kappa shape index (κ1) is 15.0. The standard InChI is InChI=1S/C12H17BrN4O3/c1-16(8-2-4-14-5-3-8)10(18)7-17-6-9(13)11(19)15-12(17)20/h6,8,14H,2-5,7H2,1H3,(H,15,19,20). The van der Waals surface area contributed by atoms with Crippen molar-refractivity contribution in [3.05, 3.63) is 31.5 Å². The van der Waals surface area contributed by atoms with E-state index in [-0.39, 0.29) is 23.0 Å². The number of aromatic nitrogens is 2. The minimum atomic E-state index is -0.578. The lowest BCUT2D eigenvalue weighted by molar-refractivity contribution is -0.133. The van der Waals surface area contributed by atoms with Gasteiger partial charge in [-0.2, -0.15) is 0 Å². The SMILES string of the molecule is CN(C(=O)Cn1cc(Br)c(=O)[nH]c1=O)C1CCNCC1. The van der Waals surface area contributed by atoms with Gasteiger partial charge in [-0.25, -0.2) is 4.79 Å². The van der Waals surface area contributed by atoms with E-state index in [0.717, 1.165) is 25.9 Å². The Morgan fingerprint density at radius 1 is 1.45 bits per heavy atom. The van der Waals surface area contributed by atoms with Crippen LogP contribution in [0.3, 0.4) is 0 Å². The smallest absolute Gasteiger partial charge is 0.328 e. The van der Waals surface area contributed by atoms with Crippen molar-refractivity contribution in [3.8, 4) is 0 Å².